The molecule has 1 saturated heterocycles. The number of anilines is 1. The molecular formula is C15H23N3. The molecule has 0 unspecified atom stereocenters. The molecule has 1 heterocycles. The van der Waals surface area contributed by atoms with Gasteiger partial charge in [0, 0.05) is 24.5 Å². The maximum absolute atomic E-state index is 5.71. The molecule has 0 spiro atoms. The smallest absolute Gasteiger partial charge is 0.0366 e. The minimum Gasteiger partial charge on any atom is -0.399 e. The molecule has 2 rings (SSSR count). The van der Waals surface area contributed by atoms with Gasteiger partial charge in [-0.15, -0.1) is 0 Å². The Morgan fingerprint density at radius 1 is 1.28 bits per heavy atom. The Bertz CT molecular complexity index is 402. The Morgan fingerprint density at radius 2 is 1.83 bits per heavy atom. The third kappa shape index (κ3) is 2.85. The third-order valence-electron chi connectivity index (χ3n) is 3.91. The Kier molecular flexibility index (Phi) is 3.92. The molecule has 1 aromatic carbocycles. The minimum absolute atomic E-state index is 0.603. The van der Waals surface area contributed by atoms with Crippen molar-refractivity contribution >= 4 is 11.4 Å². The molecule has 0 amide bonds. The maximum Gasteiger partial charge on any atom is 0.0366 e. The van der Waals surface area contributed by atoms with Gasteiger partial charge in [0.05, 0.1) is 0 Å². The Balaban J connectivity index is 2.02. The van der Waals surface area contributed by atoms with Crippen LogP contribution in [0.25, 0.3) is 5.70 Å². The van der Waals surface area contributed by atoms with E-state index in [9.17, 15) is 0 Å². The van der Waals surface area contributed by atoms with Crippen LogP contribution in [0, 0.1) is 0 Å². The van der Waals surface area contributed by atoms with Gasteiger partial charge in [-0.25, -0.2) is 0 Å². The molecule has 0 aliphatic carbocycles. The van der Waals surface area contributed by atoms with E-state index in [0.717, 1.165) is 16.9 Å². The van der Waals surface area contributed by atoms with E-state index in [2.05, 4.69) is 30.5 Å². The molecule has 1 aliphatic rings. The first-order valence-electron chi connectivity index (χ1n) is 6.54. The van der Waals surface area contributed by atoms with Crippen LogP contribution in [0.15, 0.2) is 30.8 Å². The fourth-order valence-corrected chi connectivity index (χ4v) is 2.48. The van der Waals surface area contributed by atoms with E-state index in [0.29, 0.717) is 6.04 Å². The summed E-state index contributed by atoms with van der Waals surface area (Å²) in [7, 11) is 4.33. The van der Waals surface area contributed by atoms with E-state index in [-0.39, 0.29) is 0 Å². The highest BCUT2D eigenvalue weighted by molar-refractivity contribution is 5.63. The van der Waals surface area contributed by atoms with E-state index in [1.807, 2.05) is 24.3 Å². The molecule has 18 heavy (non-hydrogen) atoms. The first-order chi connectivity index (χ1) is 8.58. The van der Waals surface area contributed by atoms with Gasteiger partial charge in [0.15, 0.2) is 0 Å². The van der Waals surface area contributed by atoms with Crippen molar-refractivity contribution in [3.05, 3.63) is 36.4 Å². The van der Waals surface area contributed by atoms with Crippen LogP contribution in [-0.2, 0) is 0 Å². The number of piperidine rings is 1. The lowest BCUT2D eigenvalue weighted by Crippen LogP contribution is -2.40. The zero-order valence-electron chi connectivity index (χ0n) is 11.4. The van der Waals surface area contributed by atoms with Gasteiger partial charge in [-0.3, -0.25) is 0 Å². The lowest BCUT2D eigenvalue weighted by Gasteiger charge is -2.37. The van der Waals surface area contributed by atoms with E-state index in [1.165, 1.54) is 25.9 Å². The van der Waals surface area contributed by atoms with Gasteiger partial charge in [0.1, 0.15) is 0 Å². The monoisotopic (exact) mass is 245 g/mol. The van der Waals surface area contributed by atoms with Gasteiger partial charge in [0.2, 0.25) is 0 Å². The number of nitrogens with zero attached hydrogens (tertiary/aromatic N) is 2. The summed E-state index contributed by atoms with van der Waals surface area (Å²) >= 11 is 0. The fraction of sp³-hybridized carbons (Fsp3) is 0.467. The highest BCUT2D eigenvalue weighted by Gasteiger charge is 2.21. The van der Waals surface area contributed by atoms with Crippen LogP contribution in [0.3, 0.4) is 0 Å². The Labute approximate surface area is 110 Å². The van der Waals surface area contributed by atoms with Crippen molar-refractivity contribution in [2.24, 2.45) is 0 Å². The van der Waals surface area contributed by atoms with Crippen molar-refractivity contribution in [3.8, 4) is 0 Å². The van der Waals surface area contributed by atoms with Gasteiger partial charge in [-0.2, -0.15) is 0 Å². The van der Waals surface area contributed by atoms with Crippen molar-refractivity contribution in [3.63, 3.8) is 0 Å². The molecule has 0 atom stereocenters. The summed E-state index contributed by atoms with van der Waals surface area (Å²) in [5.41, 5.74) is 8.76. The Morgan fingerprint density at radius 3 is 2.39 bits per heavy atom. The summed E-state index contributed by atoms with van der Waals surface area (Å²) in [6, 6.07) is 8.56. The topological polar surface area (TPSA) is 32.5 Å². The van der Waals surface area contributed by atoms with Crippen LogP contribution in [0.2, 0.25) is 0 Å². The van der Waals surface area contributed by atoms with Crippen LogP contribution >= 0.6 is 0 Å². The minimum atomic E-state index is 0.603. The largest absolute Gasteiger partial charge is 0.399 e. The summed E-state index contributed by atoms with van der Waals surface area (Å²) in [6.45, 7) is 6.56. The van der Waals surface area contributed by atoms with Crippen molar-refractivity contribution < 1.29 is 0 Å². The van der Waals surface area contributed by atoms with Crippen LogP contribution in [-0.4, -0.2) is 43.0 Å². The zero-order chi connectivity index (χ0) is 13.1. The van der Waals surface area contributed by atoms with E-state index in [4.69, 9.17) is 5.73 Å². The maximum atomic E-state index is 5.71. The molecular weight excluding hydrogens is 222 g/mol. The molecule has 98 valence electrons. The van der Waals surface area contributed by atoms with Gasteiger partial charge in [-0.1, -0.05) is 18.7 Å². The van der Waals surface area contributed by atoms with Gasteiger partial charge in [0.25, 0.3) is 0 Å². The quantitative estimate of drug-likeness (QED) is 0.829. The molecule has 1 aliphatic heterocycles. The van der Waals surface area contributed by atoms with Gasteiger partial charge >= 0.3 is 0 Å². The van der Waals surface area contributed by atoms with Crippen LogP contribution in [0.4, 0.5) is 5.69 Å². The Hall–Kier alpha value is -1.48. The number of hydrogen-bond donors (Lipinski definition) is 1. The molecule has 0 saturated carbocycles. The molecule has 1 aromatic rings. The SMILES string of the molecule is C=C(c1ccc(N)cc1)N(C)C1CCN(C)CC1. The predicted octanol–water partition coefficient (Wildman–Crippen LogP) is 2.27. The fourth-order valence-electron chi connectivity index (χ4n) is 2.48. The third-order valence-corrected chi connectivity index (χ3v) is 3.91. The molecule has 1 fully saturated rings. The number of rotatable bonds is 3. The van der Waals surface area contributed by atoms with Gasteiger partial charge in [-0.05, 0) is 50.7 Å². The highest BCUT2D eigenvalue weighted by atomic mass is 15.2. The second kappa shape index (κ2) is 5.44. The number of nitrogens with two attached hydrogens (primary N) is 1. The number of hydrogen-bond acceptors (Lipinski definition) is 3. The highest BCUT2D eigenvalue weighted by Crippen LogP contribution is 2.24. The molecule has 0 aromatic heterocycles. The number of benzene rings is 1. The normalized spacial score (nSPS) is 17.7. The molecule has 3 heteroatoms. The lowest BCUT2D eigenvalue weighted by atomic mass is 10.0. The van der Waals surface area contributed by atoms with E-state index >= 15 is 0 Å². The molecule has 0 bridgehead atoms. The number of likely N-dealkylation sites (tertiary alicyclic amines) is 1. The molecule has 2 N–H and O–H groups in total. The van der Waals surface area contributed by atoms with E-state index in [1.54, 1.807) is 0 Å². The van der Waals surface area contributed by atoms with Crippen LogP contribution in [0.1, 0.15) is 18.4 Å². The van der Waals surface area contributed by atoms with Crippen molar-refractivity contribution in [2.75, 3.05) is 32.9 Å². The van der Waals surface area contributed by atoms with Crippen molar-refractivity contribution in [1.82, 2.24) is 9.80 Å². The predicted molar refractivity (Wildman–Crippen MR) is 78.2 cm³/mol. The average molecular weight is 245 g/mol. The first-order valence-corrected chi connectivity index (χ1v) is 6.54. The van der Waals surface area contributed by atoms with Gasteiger partial charge < -0.3 is 15.5 Å². The molecule has 3 nitrogen and oxygen atoms in total. The summed E-state index contributed by atoms with van der Waals surface area (Å²) in [4.78, 5) is 4.70. The van der Waals surface area contributed by atoms with Crippen molar-refractivity contribution in [2.45, 2.75) is 18.9 Å². The molecule has 0 radical (unpaired) electrons. The lowest BCUT2D eigenvalue weighted by molar-refractivity contribution is 0.186. The summed E-state index contributed by atoms with van der Waals surface area (Å²) in [5.74, 6) is 0. The second-order valence-electron chi connectivity index (χ2n) is 5.21. The first kappa shape index (κ1) is 13.0. The second-order valence-corrected chi connectivity index (χ2v) is 5.21. The van der Waals surface area contributed by atoms with Crippen molar-refractivity contribution in [1.29, 1.82) is 0 Å². The standard InChI is InChI=1S/C15H23N3/c1-12(13-4-6-14(16)7-5-13)18(3)15-8-10-17(2)11-9-15/h4-7,15H,1,8-11,16H2,2-3H3. The zero-order valence-corrected chi connectivity index (χ0v) is 11.4. The van der Waals surface area contributed by atoms with Crippen LogP contribution in [0.5, 0.6) is 0 Å². The summed E-state index contributed by atoms with van der Waals surface area (Å²) in [5, 5.41) is 0. The average Bonchev–Trinajstić information content (AvgIpc) is 2.39. The van der Waals surface area contributed by atoms with Crippen LogP contribution < -0.4 is 5.73 Å². The number of nitrogen functional groups attached to an aromatic ring is 1. The summed E-state index contributed by atoms with van der Waals surface area (Å²) in [6.07, 6.45) is 2.42. The summed E-state index contributed by atoms with van der Waals surface area (Å²) < 4.78 is 0. The van der Waals surface area contributed by atoms with E-state index < -0.39 is 0 Å².